The molecule has 6 N–H and O–H groups in total. The zero-order valence-corrected chi connectivity index (χ0v) is 10.1. The molecule has 0 radical (unpaired) electrons. The van der Waals surface area contributed by atoms with E-state index in [1.165, 1.54) is 19.2 Å². The first-order chi connectivity index (χ1) is 8.74. The molecule has 19 heavy (non-hydrogen) atoms. The van der Waals surface area contributed by atoms with Gasteiger partial charge in [0.1, 0.15) is 18.0 Å². The lowest BCUT2D eigenvalue weighted by Crippen LogP contribution is -2.58. The van der Waals surface area contributed by atoms with E-state index in [2.05, 4.69) is 4.98 Å². The SMILES string of the molecule is C[C@@]1(n2ccc(N)nc2=O)O[C@H](CO)[C@@H](O)C1(O)O. The fourth-order valence-electron chi connectivity index (χ4n) is 2.09. The lowest BCUT2D eigenvalue weighted by Gasteiger charge is -2.35. The molecule has 1 aromatic heterocycles. The lowest BCUT2D eigenvalue weighted by molar-refractivity contribution is -0.294. The summed E-state index contributed by atoms with van der Waals surface area (Å²) >= 11 is 0. The highest BCUT2D eigenvalue weighted by molar-refractivity contribution is 5.24. The Morgan fingerprint density at radius 3 is 2.68 bits per heavy atom. The van der Waals surface area contributed by atoms with E-state index in [4.69, 9.17) is 15.6 Å². The van der Waals surface area contributed by atoms with Crippen molar-refractivity contribution in [2.75, 3.05) is 12.3 Å². The first-order valence-electron chi connectivity index (χ1n) is 5.51. The number of aliphatic hydroxyl groups excluding tert-OH is 2. The molecule has 0 spiro atoms. The molecule has 1 aromatic rings. The third kappa shape index (κ3) is 1.83. The van der Waals surface area contributed by atoms with Gasteiger partial charge >= 0.3 is 5.69 Å². The fourth-order valence-corrected chi connectivity index (χ4v) is 2.09. The molecule has 9 heteroatoms. The minimum atomic E-state index is -2.78. The molecule has 1 saturated heterocycles. The Balaban J connectivity index is 2.56. The number of rotatable bonds is 2. The van der Waals surface area contributed by atoms with Crippen LogP contribution in [0.4, 0.5) is 5.82 Å². The molecule has 0 saturated carbocycles. The standard InChI is InChI=1S/C10H15N3O6/c1-9(13-3-2-6(11)12-8(13)16)10(17,18)7(15)5(4-14)19-9/h2-3,5,7,14-15,17-18H,4H2,1H3,(H2,11,12,16)/t5-,7-,9-/m1/s1. The van der Waals surface area contributed by atoms with E-state index in [9.17, 15) is 20.1 Å². The second kappa shape index (κ2) is 4.25. The van der Waals surface area contributed by atoms with Gasteiger partial charge in [-0.25, -0.2) is 4.79 Å². The Bertz CT molecular complexity index is 544. The topological polar surface area (TPSA) is 151 Å². The summed E-state index contributed by atoms with van der Waals surface area (Å²) in [5.41, 5.74) is 2.46. The highest BCUT2D eigenvalue weighted by Gasteiger charge is 2.63. The Hall–Kier alpha value is -1.52. The van der Waals surface area contributed by atoms with Gasteiger partial charge < -0.3 is 30.9 Å². The van der Waals surface area contributed by atoms with E-state index >= 15 is 0 Å². The first-order valence-corrected chi connectivity index (χ1v) is 5.51. The van der Waals surface area contributed by atoms with Crippen molar-refractivity contribution in [1.29, 1.82) is 0 Å². The predicted molar refractivity (Wildman–Crippen MR) is 61.7 cm³/mol. The molecular formula is C10H15N3O6. The molecule has 3 atom stereocenters. The average Bonchev–Trinajstić information content (AvgIpc) is 2.50. The highest BCUT2D eigenvalue weighted by atomic mass is 16.6. The number of hydrogen-bond donors (Lipinski definition) is 5. The molecule has 9 nitrogen and oxygen atoms in total. The largest absolute Gasteiger partial charge is 0.394 e. The van der Waals surface area contributed by atoms with Crippen LogP contribution >= 0.6 is 0 Å². The number of hydrogen-bond acceptors (Lipinski definition) is 8. The van der Waals surface area contributed by atoms with Crippen LogP contribution in [-0.2, 0) is 10.5 Å². The third-order valence-corrected chi connectivity index (χ3v) is 3.29. The minimum absolute atomic E-state index is 0.0383. The van der Waals surface area contributed by atoms with Gasteiger partial charge in [0.05, 0.1) is 6.61 Å². The smallest absolute Gasteiger partial charge is 0.352 e. The zero-order valence-electron chi connectivity index (χ0n) is 10.1. The van der Waals surface area contributed by atoms with Crippen LogP contribution in [0.1, 0.15) is 6.92 Å². The predicted octanol–water partition coefficient (Wildman–Crippen LogP) is -3.07. The van der Waals surface area contributed by atoms with E-state index in [-0.39, 0.29) is 5.82 Å². The minimum Gasteiger partial charge on any atom is -0.394 e. The highest BCUT2D eigenvalue weighted by Crippen LogP contribution is 2.40. The summed E-state index contributed by atoms with van der Waals surface area (Å²) in [6.45, 7) is 0.544. The van der Waals surface area contributed by atoms with Crippen LogP contribution in [0.3, 0.4) is 0 Å². The molecule has 1 fully saturated rings. The van der Waals surface area contributed by atoms with Crippen molar-refractivity contribution in [1.82, 2.24) is 9.55 Å². The number of nitrogen functional groups attached to an aromatic ring is 1. The molecular weight excluding hydrogens is 258 g/mol. The van der Waals surface area contributed by atoms with Crippen LogP contribution in [0, 0.1) is 0 Å². The van der Waals surface area contributed by atoms with Gasteiger partial charge in [0, 0.05) is 6.20 Å². The number of nitrogens with two attached hydrogens (primary N) is 1. The van der Waals surface area contributed by atoms with Crippen molar-refractivity contribution in [3.63, 3.8) is 0 Å². The summed E-state index contributed by atoms with van der Waals surface area (Å²) in [5, 5.41) is 38.7. The average molecular weight is 273 g/mol. The monoisotopic (exact) mass is 273 g/mol. The van der Waals surface area contributed by atoms with Gasteiger partial charge in [-0.05, 0) is 13.0 Å². The maximum absolute atomic E-state index is 11.7. The van der Waals surface area contributed by atoms with Crippen molar-refractivity contribution >= 4 is 5.82 Å². The maximum atomic E-state index is 11.7. The normalized spacial score (nSPS) is 33.5. The van der Waals surface area contributed by atoms with E-state index in [0.717, 1.165) is 4.57 Å². The second-order valence-electron chi connectivity index (χ2n) is 4.50. The van der Waals surface area contributed by atoms with Crippen molar-refractivity contribution in [2.24, 2.45) is 0 Å². The van der Waals surface area contributed by atoms with Crippen LogP contribution in [0.5, 0.6) is 0 Å². The van der Waals surface area contributed by atoms with Crippen LogP contribution < -0.4 is 11.4 Å². The first kappa shape index (κ1) is 13.9. The van der Waals surface area contributed by atoms with E-state index in [1.807, 2.05) is 0 Å². The van der Waals surface area contributed by atoms with Gasteiger partial charge in [-0.3, -0.25) is 4.57 Å². The van der Waals surface area contributed by atoms with Crippen molar-refractivity contribution in [3.8, 4) is 0 Å². The second-order valence-corrected chi connectivity index (χ2v) is 4.50. The van der Waals surface area contributed by atoms with Gasteiger partial charge in [0.2, 0.25) is 11.5 Å². The molecule has 0 unspecified atom stereocenters. The number of nitrogens with zero attached hydrogens (tertiary/aromatic N) is 2. The molecule has 0 bridgehead atoms. The lowest BCUT2D eigenvalue weighted by atomic mass is 9.99. The zero-order chi connectivity index (χ0) is 14.4. The van der Waals surface area contributed by atoms with Crippen LogP contribution in [-0.4, -0.2) is 54.6 Å². The molecule has 0 aromatic carbocycles. The molecule has 0 amide bonds. The Labute approximate surface area is 107 Å². The van der Waals surface area contributed by atoms with Crippen molar-refractivity contribution < 1.29 is 25.2 Å². The van der Waals surface area contributed by atoms with Crippen LogP contribution in [0.2, 0.25) is 0 Å². The van der Waals surface area contributed by atoms with Gasteiger partial charge in [-0.1, -0.05) is 0 Å². The Kier molecular flexibility index (Phi) is 3.11. The van der Waals surface area contributed by atoms with Gasteiger partial charge in [0.15, 0.2) is 0 Å². The number of anilines is 1. The Morgan fingerprint density at radius 2 is 2.21 bits per heavy atom. The Morgan fingerprint density at radius 1 is 1.58 bits per heavy atom. The molecule has 2 rings (SSSR count). The summed E-state index contributed by atoms with van der Waals surface area (Å²) in [6.07, 6.45) is -1.87. The van der Waals surface area contributed by atoms with Gasteiger partial charge in [0.25, 0.3) is 0 Å². The summed E-state index contributed by atoms with van der Waals surface area (Å²) in [7, 11) is 0. The number of ether oxygens (including phenoxy) is 1. The summed E-state index contributed by atoms with van der Waals surface area (Å²) in [5.74, 6) is -2.81. The van der Waals surface area contributed by atoms with Crippen LogP contribution in [0.25, 0.3) is 0 Å². The molecule has 1 aliphatic heterocycles. The van der Waals surface area contributed by atoms with Crippen molar-refractivity contribution in [2.45, 2.75) is 30.6 Å². The molecule has 106 valence electrons. The molecule has 2 heterocycles. The van der Waals surface area contributed by atoms with E-state index in [1.54, 1.807) is 0 Å². The number of aliphatic hydroxyl groups is 4. The fraction of sp³-hybridized carbons (Fsp3) is 0.600. The van der Waals surface area contributed by atoms with E-state index in [0.29, 0.717) is 0 Å². The summed E-state index contributed by atoms with van der Waals surface area (Å²) < 4.78 is 6.01. The van der Waals surface area contributed by atoms with E-state index < -0.39 is 36.0 Å². The summed E-state index contributed by atoms with van der Waals surface area (Å²) in [6, 6.07) is 1.27. The number of aromatic nitrogens is 2. The third-order valence-electron chi connectivity index (χ3n) is 3.29. The van der Waals surface area contributed by atoms with Gasteiger partial charge in [-0.2, -0.15) is 4.98 Å². The quantitative estimate of drug-likeness (QED) is 0.356. The molecule has 0 aliphatic carbocycles. The maximum Gasteiger partial charge on any atom is 0.352 e. The molecule has 1 aliphatic rings. The van der Waals surface area contributed by atoms with Gasteiger partial charge in [-0.15, -0.1) is 0 Å². The van der Waals surface area contributed by atoms with Crippen molar-refractivity contribution in [3.05, 3.63) is 22.7 Å². The van der Waals surface area contributed by atoms with Crippen LogP contribution in [0.15, 0.2) is 17.1 Å². The summed E-state index contributed by atoms with van der Waals surface area (Å²) in [4.78, 5) is 15.2.